The summed E-state index contributed by atoms with van der Waals surface area (Å²) in [5, 5.41) is 2.91. The molecule has 0 aliphatic heterocycles. The van der Waals surface area contributed by atoms with Gasteiger partial charge in [-0.3, -0.25) is 14.6 Å². The fourth-order valence-corrected chi connectivity index (χ4v) is 3.44. The van der Waals surface area contributed by atoms with E-state index in [9.17, 15) is 9.59 Å². The van der Waals surface area contributed by atoms with Gasteiger partial charge >= 0.3 is 0 Å². The average Bonchev–Trinajstić information content (AvgIpc) is 2.83. The smallest absolute Gasteiger partial charge is 0.249 e. The third kappa shape index (κ3) is 5.88. The fraction of sp³-hybridized carbons (Fsp3) is 0.269. The molecule has 0 aliphatic carbocycles. The first-order valence-electron chi connectivity index (χ1n) is 10.6. The summed E-state index contributed by atoms with van der Waals surface area (Å²) < 4.78 is 10.6. The molecule has 7 heteroatoms. The Morgan fingerprint density at radius 2 is 1.70 bits per heavy atom. The summed E-state index contributed by atoms with van der Waals surface area (Å²) in [6.07, 6.45) is 3.56. The van der Waals surface area contributed by atoms with Crippen molar-refractivity contribution in [2.75, 3.05) is 19.5 Å². The van der Waals surface area contributed by atoms with E-state index in [1.165, 1.54) is 7.11 Å². The molecular weight excluding hydrogens is 418 g/mol. The molecule has 3 aromatic rings. The van der Waals surface area contributed by atoms with Crippen LogP contribution in [0.25, 0.3) is 0 Å². The Kier molecular flexibility index (Phi) is 7.66. The lowest BCUT2D eigenvalue weighted by atomic mass is 9.98. The molecule has 33 heavy (non-hydrogen) atoms. The van der Waals surface area contributed by atoms with Crippen molar-refractivity contribution >= 4 is 17.5 Å². The van der Waals surface area contributed by atoms with Crippen LogP contribution in [-0.4, -0.2) is 41.5 Å². The van der Waals surface area contributed by atoms with Gasteiger partial charge in [0.1, 0.15) is 17.0 Å². The molecule has 0 aliphatic rings. The number of carbonyl (C=O) groups is 2. The van der Waals surface area contributed by atoms with Crippen LogP contribution in [0.4, 0.5) is 5.69 Å². The van der Waals surface area contributed by atoms with Gasteiger partial charge in [0.15, 0.2) is 0 Å². The molecule has 0 bridgehead atoms. The maximum atomic E-state index is 13.4. The van der Waals surface area contributed by atoms with E-state index < -0.39 is 5.54 Å². The number of benzene rings is 2. The lowest BCUT2D eigenvalue weighted by Crippen LogP contribution is -2.55. The summed E-state index contributed by atoms with van der Waals surface area (Å²) in [6, 6.07) is 18.3. The molecule has 7 nitrogen and oxygen atoms in total. The zero-order chi connectivity index (χ0) is 23.8. The molecule has 1 heterocycles. The topological polar surface area (TPSA) is 80.8 Å². The molecule has 0 spiro atoms. The predicted molar refractivity (Wildman–Crippen MR) is 127 cm³/mol. The van der Waals surface area contributed by atoms with Crippen LogP contribution in [0.2, 0.25) is 0 Å². The van der Waals surface area contributed by atoms with Crippen LogP contribution in [0.1, 0.15) is 25.0 Å². The van der Waals surface area contributed by atoms with Crippen molar-refractivity contribution < 1.29 is 19.1 Å². The van der Waals surface area contributed by atoms with E-state index in [-0.39, 0.29) is 24.8 Å². The molecule has 3 rings (SSSR count). The molecule has 0 atom stereocenters. The number of nitrogens with one attached hydrogen (secondary N) is 1. The van der Waals surface area contributed by atoms with Gasteiger partial charge < -0.3 is 19.7 Å². The normalized spacial score (nSPS) is 10.9. The van der Waals surface area contributed by atoms with Crippen LogP contribution < -0.4 is 14.8 Å². The van der Waals surface area contributed by atoms with Gasteiger partial charge in [0.05, 0.1) is 26.3 Å². The van der Waals surface area contributed by atoms with Crippen molar-refractivity contribution in [2.45, 2.75) is 32.4 Å². The molecule has 0 saturated heterocycles. The van der Waals surface area contributed by atoms with Gasteiger partial charge in [-0.05, 0) is 43.2 Å². The van der Waals surface area contributed by atoms with Crippen molar-refractivity contribution in [3.63, 3.8) is 0 Å². The molecule has 172 valence electrons. The van der Waals surface area contributed by atoms with Crippen molar-refractivity contribution in [1.82, 2.24) is 9.88 Å². The summed E-state index contributed by atoms with van der Waals surface area (Å²) in [7, 11) is 3.08. The maximum Gasteiger partial charge on any atom is 0.249 e. The first-order valence-corrected chi connectivity index (χ1v) is 10.6. The number of aromatic nitrogens is 1. The van der Waals surface area contributed by atoms with Crippen LogP contribution in [-0.2, 0) is 22.6 Å². The number of amides is 2. The Hall–Kier alpha value is -3.87. The second-order valence-corrected chi connectivity index (χ2v) is 8.08. The minimum atomic E-state index is -1.16. The molecule has 2 amide bonds. The van der Waals surface area contributed by atoms with E-state index in [1.54, 1.807) is 56.4 Å². The summed E-state index contributed by atoms with van der Waals surface area (Å²) in [5.74, 6) is 0.580. The Labute approximate surface area is 194 Å². The van der Waals surface area contributed by atoms with Gasteiger partial charge in [0.25, 0.3) is 0 Å². The van der Waals surface area contributed by atoms with Gasteiger partial charge in [-0.15, -0.1) is 0 Å². The van der Waals surface area contributed by atoms with Gasteiger partial charge in [0.2, 0.25) is 11.8 Å². The van der Waals surface area contributed by atoms with Crippen LogP contribution >= 0.6 is 0 Å². The minimum Gasteiger partial charge on any atom is -0.497 e. The molecule has 0 saturated carbocycles. The number of carbonyl (C=O) groups excluding carboxylic acids is 2. The van der Waals surface area contributed by atoms with Crippen LogP contribution in [0.15, 0.2) is 73.1 Å². The summed E-state index contributed by atoms with van der Waals surface area (Å²) in [4.78, 5) is 32.6. The van der Waals surface area contributed by atoms with E-state index in [0.29, 0.717) is 17.2 Å². The SMILES string of the molecule is COc1ccc(NC(=O)C(C)(C)N(Cc2cccnc2)C(=O)Cc2ccccc2)c(OC)c1. The van der Waals surface area contributed by atoms with E-state index in [2.05, 4.69) is 10.3 Å². The molecule has 2 aromatic carbocycles. The lowest BCUT2D eigenvalue weighted by Gasteiger charge is -2.37. The van der Waals surface area contributed by atoms with Crippen molar-refractivity contribution in [2.24, 2.45) is 0 Å². The molecule has 0 radical (unpaired) electrons. The largest absolute Gasteiger partial charge is 0.497 e. The molecule has 0 unspecified atom stereocenters. The summed E-state index contributed by atoms with van der Waals surface area (Å²) >= 11 is 0. The molecule has 1 N–H and O–H groups in total. The minimum absolute atomic E-state index is 0.160. The highest BCUT2D eigenvalue weighted by Crippen LogP contribution is 2.30. The molecular formula is C26H29N3O4. The Balaban J connectivity index is 1.88. The summed E-state index contributed by atoms with van der Waals surface area (Å²) in [6.45, 7) is 3.72. The standard InChI is InChI=1S/C26H29N3O4/c1-26(2,25(31)28-22-13-12-21(32-3)16-23(22)33-4)29(18-20-11-8-14-27-17-20)24(30)15-19-9-6-5-7-10-19/h5-14,16-17H,15,18H2,1-4H3,(H,28,31). The van der Waals surface area contributed by atoms with Crippen molar-refractivity contribution in [3.8, 4) is 11.5 Å². The maximum absolute atomic E-state index is 13.4. The van der Waals surface area contributed by atoms with Gasteiger partial charge in [-0.2, -0.15) is 0 Å². The highest BCUT2D eigenvalue weighted by molar-refractivity contribution is 6.01. The Morgan fingerprint density at radius 1 is 0.970 bits per heavy atom. The number of pyridine rings is 1. The zero-order valence-corrected chi connectivity index (χ0v) is 19.4. The second kappa shape index (κ2) is 10.6. The second-order valence-electron chi connectivity index (χ2n) is 8.08. The quantitative estimate of drug-likeness (QED) is 0.534. The van der Waals surface area contributed by atoms with Crippen molar-refractivity contribution in [1.29, 1.82) is 0 Å². The van der Waals surface area contributed by atoms with Gasteiger partial charge in [-0.1, -0.05) is 36.4 Å². The van der Waals surface area contributed by atoms with E-state index in [1.807, 2.05) is 42.5 Å². The number of nitrogens with zero attached hydrogens (tertiary/aromatic N) is 2. The zero-order valence-electron chi connectivity index (χ0n) is 19.4. The third-order valence-electron chi connectivity index (χ3n) is 5.45. The first kappa shape index (κ1) is 23.8. The van der Waals surface area contributed by atoms with Gasteiger partial charge in [0, 0.05) is 25.0 Å². The monoisotopic (exact) mass is 447 g/mol. The Morgan fingerprint density at radius 3 is 2.33 bits per heavy atom. The van der Waals surface area contributed by atoms with E-state index in [0.717, 1.165) is 11.1 Å². The van der Waals surface area contributed by atoms with Crippen LogP contribution in [0.3, 0.4) is 0 Å². The number of anilines is 1. The fourth-order valence-electron chi connectivity index (χ4n) is 3.44. The highest BCUT2D eigenvalue weighted by atomic mass is 16.5. The number of ether oxygens (including phenoxy) is 2. The number of rotatable bonds is 9. The lowest BCUT2D eigenvalue weighted by molar-refractivity contribution is -0.144. The van der Waals surface area contributed by atoms with Crippen LogP contribution in [0, 0.1) is 0 Å². The molecule has 1 aromatic heterocycles. The number of methoxy groups -OCH3 is 2. The third-order valence-corrected chi connectivity index (χ3v) is 5.45. The van der Waals surface area contributed by atoms with Crippen molar-refractivity contribution in [3.05, 3.63) is 84.2 Å². The number of hydrogen-bond acceptors (Lipinski definition) is 5. The Bertz CT molecular complexity index is 1090. The first-order chi connectivity index (χ1) is 15.8. The predicted octanol–water partition coefficient (Wildman–Crippen LogP) is 4.09. The molecule has 0 fully saturated rings. The average molecular weight is 448 g/mol. The summed E-state index contributed by atoms with van der Waals surface area (Å²) in [5.41, 5.74) is 1.05. The van der Waals surface area contributed by atoms with Gasteiger partial charge in [-0.25, -0.2) is 0 Å². The highest BCUT2D eigenvalue weighted by Gasteiger charge is 2.38. The van der Waals surface area contributed by atoms with E-state index in [4.69, 9.17) is 9.47 Å². The van der Waals surface area contributed by atoms with E-state index >= 15 is 0 Å². The number of hydrogen-bond donors (Lipinski definition) is 1. The van der Waals surface area contributed by atoms with Crippen LogP contribution in [0.5, 0.6) is 11.5 Å².